The van der Waals surface area contributed by atoms with Crippen LogP contribution in [0.3, 0.4) is 0 Å². The van der Waals surface area contributed by atoms with Gasteiger partial charge in [-0.15, -0.1) is 0 Å². The van der Waals surface area contributed by atoms with Gasteiger partial charge in [-0.25, -0.2) is 0 Å². The van der Waals surface area contributed by atoms with Gasteiger partial charge < -0.3 is 10.5 Å². The van der Waals surface area contributed by atoms with Crippen molar-refractivity contribution in [1.82, 2.24) is 0 Å². The molecular formula is C17H25NO2. The molecular weight excluding hydrogens is 250 g/mol. The van der Waals surface area contributed by atoms with Gasteiger partial charge in [0.2, 0.25) is 0 Å². The monoisotopic (exact) mass is 275 g/mol. The summed E-state index contributed by atoms with van der Waals surface area (Å²) in [5.74, 6) is 1.71. The number of ketones is 1. The Morgan fingerprint density at radius 2 is 1.90 bits per heavy atom. The fourth-order valence-electron chi connectivity index (χ4n) is 3.13. The van der Waals surface area contributed by atoms with Crippen molar-refractivity contribution in [3.63, 3.8) is 0 Å². The van der Waals surface area contributed by atoms with Crippen molar-refractivity contribution >= 4 is 5.78 Å². The van der Waals surface area contributed by atoms with E-state index in [9.17, 15) is 4.79 Å². The Morgan fingerprint density at radius 1 is 1.25 bits per heavy atom. The zero-order valence-electron chi connectivity index (χ0n) is 12.7. The van der Waals surface area contributed by atoms with Crippen LogP contribution < -0.4 is 10.5 Å². The molecule has 1 aliphatic rings. The van der Waals surface area contributed by atoms with E-state index in [0.29, 0.717) is 5.92 Å². The normalized spacial score (nSPS) is 22.6. The quantitative estimate of drug-likeness (QED) is 0.858. The maximum Gasteiger partial charge on any atom is 0.169 e. The standard InChI is InChI=1S/C17H25NO2/c1-11-4-9-15(17(20-3)12(11)2)16(19)14-7-5-13(10-18)6-8-14/h4,9,13-14H,5-8,10,18H2,1-3H3. The van der Waals surface area contributed by atoms with Gasteiger partial charge in [-0.05, 0) is 69.2 Å². The van der Waals surface area contributed by atoms with E-state index in [0.717, 1.165) is 54.7 Å². The molecule has 1 aromatic carbocycles. The van der Waals surface area contributed by atoms with E-state index in [2.05, 4.69) is 0 Å². The molecule has 0 radical (unpaired) electrons. The summed E-state index contributed by atoms with van der Waals surface area (Å²) in [6.45, 7) is 4.79. The Kier molecular flexibility index (Phi) is 4.81. The highest BCUT2D eigenvalue weighted by Gasteiger charge is 2.28. The Bertz CT molecular complexity index is 488. The maximum atomic E-state index is 12.7. The first kappa shape index (κ1) is 15.0. The summed E-state index contributed by atoms with van der Waals surface area (Å²) < 4.78 is 5.47. The van der Waals surface area contributed by atoms with Crippen LogP contribution in [0.15, 0.2) is 12.1 Å². The summed E-state index contributed by atoms with van der Waals surface area (Å²) >= 11 is 0. The van der Waals surface area contributed by atoms with E-state index in [1.54, 1.807) is 7.11 Å². The second-order valence-electron chi connectivity index (χ2n) is 5.91. The third kappa shape index (κ3) is 2.88. The molecule has 1 aromatic rings. The van der Waals surface area contributed by atoms with Gasteiger partial charge in [0.15, 0.2) is 5.78 Å². The van der Waals surface area contributed by atoms with Crippen molar-refractivity contribution in [3.8, 4) is 5.75 Å². The highest BCUT2D eigenvalue weighted by Crippen LogP contribution is 2.34. The molecule has 0 atom stereocenters. The number of hydrogen-bond donors (Lipinski definition) is 1. The molecule has 1 aliphatic carbocycles. The number of Topliss-reactive ketones (excluding diaryl/α,β-unsaturated/α-hetero) is 1. The molecule has 1 fully saturated rings. The molecule has 3 nitrogen and oxygen atoms in total. The lowest BCUT2D eigenvalue weighted by Gasteiger charge is -2.27. The largest absolute Gasteiger partial charge is 0.496 e. The second-order valence-corrected chi connectivity index (χ2v) is 5.91. The van der Waals surface area contributed by atoms with Gasteiger partial charge in [-0.3, -0.25) is 4.79 Å². The zero-order chi connectivity index (χ0) is 14.7. The molecule has 0 saturated heterocycles. The SMILES string of the molecule is COc1c(C(=O)C2CCC(CN)CC2)ccc(C)c1C. The first-order chi connectivity index (χ1) is 9.58. The smallest absolute Gasteiger partial charge is 0.169 e. The van der Waals surface area contributed by atoms with Crippen LogP contribution in [-0.2, 0) is 0 Å². The fraction of sp³-hybridized carbons (Fsp3) is 0.588. The molecule has 110 valence electrons. The first-order valence-electron chi connectivity index (χ1n) is 7.47. The molecule has 0 aromatic heterocycles. The number of rotatable bonds is 4. The number of carbonyl (C=O) groups is 1. The summed E-state index contributed by atoms with van der Waals surface area (Å²) in [7, 11) is 1.64. The van der Waals surface area contributed by atoms with Crippen LogP contribution in [0.25, 0.3) is 0 Å². The Balaban J connectivity index is 2.20. The lowest BCUT2D eigenvalue weighted by molar-refractivity contribution is 0.0870. The molecule has 0 spiro atoms. The van der Waals surface area contributed by atoms with E-state index >= 15 is 0 Å². The van der Waals surface area contributed by atoms with Gasteiger partial charge in [0.1, 0.15) is 5.75 Å². The number of aryl methyl sites for hydroxylation is 1. The van der Waals surface area contributed by atoms with Crippen molar-refractivity contribution in [2.45, 2.75) is 39.5 Å². The minimum atomic E-state index is 0.133. The average Bonchev–Trinajstić information content (AvgIpc) is 2.49. The third-order valence-electron chi connectivity index (χ3n) is 4.70. The van der Waals surface area contributed by atoms with Crippen LogP contribution in [0.1, 0.15) is 47.2 Å². The van der Waals surface area contributed by atoms with Gasteiger partial charge in [-0.1, -0.05) is 6.07 Å². The summed E-state index contributed by atoms with van der Waals surface area (Å²) in [6.07, 6.45) is 4.05. The van der Waals surface area contributed by atoms with Crippen LogP contribution in [0.5, 0.6) is 5.75 Å². The fourth-order valence-corrected chi connectivity index (χ4v) is 3.13. The topological polar surface area (TPSA) is 52.3 Å². The van der Waals surface area contributed by atoms with E-state index in [4.69, 9.17) is 10.5 Å². The lowest BCUT2D eigenvalue weighted by atomic mass is 9.78. The van der Waals surface area contributed by atoms with Crippen LogP contribution in [0, 0.1) is 25.7 Å². The average molecular weight is 275 g/mol. The number of benzene rings is 1. The molecule has 0 unspecified atom stereocenters. The number of methoxy groups -OCH3 is 1. The van der Waals surface area contributed by atoms with Crippen molar-refractivity contribution in [3.05, 3.63) is 28.8 Å². The van der Waals surface area contributed by atoms with E-state index in [1.165, 1.54) is 0 Å². The van der Waals surface area contributed by atoms with Gasteiger partial charge in [-0.2, -0.15) is 0 Å². The minimum Gasteiger partial charge on any atom is -0.496 e. The molecule has 0 aliphatic heterocycles. The van der Waals surface area contributed by atoms with Crippen molar-refractivity contribution in [2.24, 2.45) is 17.6 Å². The molecule has 2 N–H and O–H groups in total. The van der Waals surface area contributed by atoms with E-state index in [-0.39, 0.29) is 11.7 Å². The molecule has 0 bridgehead atoms. The number of nitrogens with two attached hydrogens (primary N) is 1. The Morgan fingerprint density at radius 3 is 2.45 bits per heavy atom. The number of ether oxygens (including phenoxy) is 1. The Hall–Kier alpha value is -1.35. The zero-order valence-corrected chi connectivity index (χ0v) is 12.7. The molecule has 20 heavy (non-hydrogen) atoms. The first-order valence-corrected chi connectivity index (χ1v) is 7.47. The van der Waals surface area contributed by atoms with Crippen molar-refractivity contribution in [2.75, 3.05) is 13.7 Å². The number of carbonyl (C=O) groups excluding carboxylic acids is 1. The van der Waals surface area contributed by atoms with Crippen LogP contribution in [0.4, 0.5) is 0 Å². The molecule has 0 heterocycles. The van der Waals surface area contributed by atoms with Gasteiger partial charge in [0, 0.05) is 5.92 Å². The molecule has 2 rings (SSSR count). The van der Waals surface area contributed by atoms with Crippen LogP contribution in [0.2, 0.25) is 0 Å². The number of hydrogen-bond acceptors (Lipinski definition) is 3. The summed E-state index contributed by atoms with van der Waals surface area (Å²) in [4.78, 5) is 12.7. The predicted molar refractivity (Wildman–Crippen MR) is 81.3 cm³/mol. The van der Waals surface area contributed by atoms with Gasteiger partial charge in [0.25, 0.3) is 0 Å². The highest BCUT2D eigenvalue weighted by molar-refractivity contribution is 6.00. The lowest BCUT2D eigenvalue weighted by Crippen LogP contribution is -2.26. The highest BCUT2D eigenvalue weighted by atomic mass is 16.5. The second kappa shape index (κ2) is 6.40. The minimum absolute atomic E-state index is 0.133. The molecule has 1 saturated carbocycles. The summed E-state index contributed by atoms with van der Waals surface area (Å²) in [5, 5.41) is 0. The predicted octanol–water partition coefficient (Wildman–Crippen LogP) is 3.26. The molecule has 3 heteroatoms. The van der Waals surface area contributed by atoms with Crippen LogP contribution >= 0.6 is 0 Å². The molecule has 0 amide bonds. The van der Waals surface area contributed by atoms with E-state index in [1.807, 2.05) is 26.0 Å². The van der Waals surface area contributed by atoms with Crippen LogP contribution in [-0.4, -0.2) is 19.4 Å². The summed E-state index contributed by atoms with van der Waals surface area (Å²) in [6, 6.07) is 3.93. The third-order valence-corrected chi connectivity index (χ3v) is 4.70. The Labute approximate surface area is 121 Å². The van der Waals surface area contributed by atoms with Gasteiger partial charge >= 0.3 is 0 Å². The van der Waals surface area contributed by atoms with Crippen molar-refractivity contribution in [1.29, 1.82) is 0 Å². The van der Waals surface area contributed by atoms with E-state index < -0.39 is 0 Å². The summed E-state index contributed by atoms with van der Waals surface area (Å²) in [5.41, 5.74) is 8.68. The van der Waals surface area contributed by atoms with Crippen molar-refractivity contribution < 1.29 is 9.53 Å². The van der Waals surface area contributed by atoms with Gasteiger partial charge in [0.05, 0.1) is 12.7 Å². The maximum absolute atomic E-state index is 12.7.